The van der Waals surface area contributed by atoms with Crippen molar-refractivity contribution < 1.29 is 19.4 Å². The maximum atomic E-state index is 11.8. The number of carbonyl (C=O) groups excluding carboxylic acids is 1. The van der Waals surface area contributed by atoms with Crippen molar-refractivity contribution in [3.05, 3.63) is 28.2 Å². The largest absolute Gasteiger partial charge is 0.480 e. The van der Waals surface area contributed by atoms with Crippen LogP contribution in [0.1, 0.15) is 37.0 Å². The maximum absolute atomic E-state index is 11.8. The molecule has 0 bridgehead atoms. The zero-order valence-corrected chi connectivity index (χ0v) is 13.1. The quantitative estimate of drug-likeness (QED) is 0.746. The summed E-state index contributed by atoms with van der Waals surface area (Å²) in [5.41, 5.74) is 0.157. The fraction of sp³-hybridized carbons (Fsp3) is 0.429. The molecule has 0 spiro atoms. The Labute approximate surface area is 126 Å². The molecule has 0 aliphatic carbocycles. The summed E-state index contributed by atoms with van der Waals surface area (Å²) in [5, 5.41) is 11.6. The highest BCUT2D eigenvalue weighted by Crippen LogP contribution is 2.27. The number of rotatable bonds is 7. The second-order valence-corrected chi connectivity index (χ2v) is 5.21. The minimum Gasteiger partial charge on any atom is -0.480 e. The predicted molar refractivity (Wildman–Crippen MR) is 79.1 cm³/mol. The normalized spacial score (nSPS) is 11.8. The van der Waals surface area contributed by atoms with Crippen LogP contribution >= 0.6 is 15.9 Å². The number of hydrogen-bond donors (Lipinski definition) is 2. The third-order valence-electron chi connectivity index (χ3n) is 2.68. The van der Waals surface area contributed by atoms with Crippen LogP contribution in [0.4, 0.5) is 0 Å². The van der Waals surface area contributed by atoms with Crippen molar-refractivity contribution in [2.24, 2.45) is 0 Å². The Kier molecular flexibility index (Phi) is 6.51. The summed E-state index contributed by atoms with van der Waals surface area (Å²) in [4.78, 5) is 22.6. The summed E-state index contributed by atoms with van der Waals surface area (Å²) in [5.74, 6) is -0.761. The third kappa shape index (κ3) is 4.85. The summed E-state index contributed by atoms with van der Waals surface area (Å²) in [7, 11) is 0. The molecule has 1 rings (SSSR count). The first-order valence-corrected chi connectivity index (χ1v) is 7.22. The maximum Gasteiger partial charge on any atom is 0.335 e. The highest BCUT2D eigenvalue weighted by Gasteiger charge is 2.16. The van der Waals surface area contributed by atoms with E-state index in [2.05, 4.69) is 21.2 Å². The first kappa shape index (κ1) is 16.5. The van der Waals surface area contributed by atoms with Crippen LogP contribution in [0.25, 0.3) is 0 Å². The average molecular weight is 344 g/mol. The molecule has 0 saturated carbocycles. The van der Waals surface area contributed by atoms with E-state index in [1.807, 2.05) is 6.92 Å². The average Bonchev–Trinajstić information content (AvgIpc) is 2.40. The van der Waals surface area contributed by atoms with Gasteiger partial charge in [0.1, 0.15) is 5.75 Å². The fourth-order valence-electron chi connectivity index (χ4n) is 1.51. The van der Waals surface area contributed by atoms with Crippen LogP contribution in [0.2, 0.25) is 0 Å². The Morgan fingerprint density at radius 1 is 1.45 bits per heavy atom. The van der Waals surface area contributed by atoms with Gasteiger partial charge in [0.2, 0.25) is 0 Å². The number of ether oxygens (including phenoxy) is 1. The molecule has 1 amide bonds. The number of carboxylic acids is 1. The number of amides is 1. The van der Waals surface area contributed by atoms with Gasteiger partial charge in [-0.3, -0.25) is 4.79 Å². The highest BCUT2D eigenvalue weighted by atomic mass is 79.9. The second-order valence-electron chi connectivity index (χ2n) is 4.36. The van der Waals surface area contributed by atoms with Crippen LogP contribution in [0.3, 0.4) is 0 Å². The van der Waals surface area contributed by atoms with E-state index in [9.17, 15) is 9.59 Å². The van der Waals surface area contributed by atoms with E-state index in [1.54, 1.807) is 6.92 Å². The Hall–Kier alpha value is -1.56. The SMILES string of the molecule is CCCCNC(=O)C(C)Oc1ccc(C(=O)O)cc1Br. The van der Waals surface area contributed by atoms with E-state index in [-0.39, 0.29) is 11.5 Å². The van der Waals surface area contributed by atoms with Gasteiger partial charge in [0.25, 0.3) is 5.91 Å². The lowest BCUT2D eigenvalue weighted by molar-refractivity contribution is -0.127. The van der Waals surface area contributed by atoms with Gasteiger partial charge in [-0.05, 0) is 47.5 Å². The van der Waals surface area contributed by atoms with Crippen LogP contribution in [-0.2, 0) is 4.79 Å². The molecule has 1 unspecified atom stereocenters. The number of hydrogen-bond acceptors (Lipinski definition) is 3. The number of halogens is 1. The molecule has 0 aliphatic rings. The molecule has 1 aromatic carbocycles. The van der Waals surface area contributed by atoms with E-state index in [0.717, 1.165) is 12.8 Å². The lowest BCUT2D eigenvalue weighted by Gasteiger charge is -2.15. The zero-order chi connectivity index (χ0) is 15.1. The number of carbonyl (C=O) groups is 2. The van der Waals surface area contributed by atoms with Crippen LogP contribution < -0.4 is 10.1 Å². The summed E-state index contributed by atoms with van der Waals surface area (Å²) < 4.78 is 6.03. The predicted octanol–water partition coefficient (Wildman–Crippen LogP) is 2.83. The van der Waals surface area contributed by atoms with E-state index in [1.165, 1.54) is 18.2 Å². The minimum absolute atomic E-state index is 0.157. The molecule has 6 heteroatoms. The molecule has 0 aliphatic heterocycles. The number of carboxylic acid groups (broad SMARTS) is 1. The Morgan fingerprint density at radius 3 is 2.70 bits per heavy atom. The molecular weight excluding hydrogens is 326 g/mol. The number of benzene rings is 1. The summed E-state index contributed by atoms with van der Waals surface area (Å²) in [6.07, 6.45) is 1.30. The Bertz CT molecular complexity index is 490. The molecule has 0 fully saturated rings. The van der Waals surface area contributed by atoms with Crippen molar-refractivity contribution >= 4 is 27.8 Å². The molecule has 0 radical (unpaired) electrons. The minimum atomic E-state index is -1.01. The van der Waals surface area contributed by atoms with Gasteiger partial charge in [-0.2, -0.15) is 0 Å². The van der Waals surface area contributed by atoms with Crippen molar-refractivity contribution in [2.75, 3.05) is 6.54 Å². The Morgan fingerprint density at radius 2 is 2.15 bits per heavy atom. The van der Waals surface area contributed by atoms with Crippen LogP contribution in [-0.4, -0.2) is 29.6 Å². The molecule has 20 heavy (non-hydrogen) atoms. The molecule has 1 atom stereocenters. The lowest BCUT2D eigenvalue weighted by atomic mass is 10.2. The van der Waals surface area contributed by atoms with Gasteiger partial charge in [0.05, 0.1) is 10.0 Å². The summed E-state index contributed by atoms with van der Waals surface area (Å²) >= 11 is 3.24. The van der Waals surface area contributed by atoms with Gasteiger partial charge in [-0.1, -0.05) is 13.3 Å². The molecule has 0 saturated heterocycles. The molecule has 110 valence electrons. The van der Waals surface area contributed by atoms with Gasteiger partial charge in [0.15, 0.2) is 6.10 Å². The van der Waals surface area contributed by atoms with Crippen molar-refractivity contribution in [3.8, 4) is 5.75 Å². The van der Waals surface area contributed by atoms with Crippen LogP contribution in [0.5, 0.6) is 5.75 Å². The van der Waals surface area contributed by atoms with Crippen LogP contribution in [0, 0.1) is 0 Å². The topological polar surface area (TPSA) is 75.6 Å². The molecule has 0 heterocycles. The van der Waals surface area contributed by atoms with Gasteiger partial charge in [0, 0.05) is 6.54 Å². The molecule has 0 aromatic heterocycles. The second kappa shape index (κ2) is 7.89. The summed E-state index contributed by atoms with van der Waals surface area (Å²) in [6, 6.07) is 4.41. The van der Waals surface area contributed by atoms with Crippen molar-refractivity contribution in [1.29, 1.82) is 0 Å². The van der Waals surface area contributed by atoms with Crippen molar-refractivity contribution in [1.82, 2.24) is 5.32 Å². The Balaban J connectivity index is 2.63. The molecule has 1 aromatic rings. The number of unbranched alkanes of at least 4 members (excludes halogenated alkanes) is 1. The number of aromatic carboxylic acids is 1. The smallest absolute Gasteiger partial charge is 0.335 e. The van der Waals surface area contributed by atoms with E-state index in [4.69, 9.17) is 9.84 Å². The molecule has 2 N–H and O–H groups in total. The molecule has 5 nitrogen and oxygen atoms in total. The van der Waals surface area contributed by atoms with Crippen molar-refractivity contribution in [2.45, 2.75) is 32.8 Å². The van der Waals surface area contributed by atoms with E-state index >= 15 is 0 Å². The van der Waals surface area contributed by atoms with E-state index < -0.39 is 12.1 Å². The molecular formula is C14H18BrNO4. The monoisotopic (exact) mass is 343 g/mol. The first-order chi connectivity index (χ1) is 9.45. The third-order valence-corrected chi connectivity index (χ3v) is 3.30. The van der Waals surface area contributed by atoms with Crippen LogP contribution in [0.15, 0.2) is 22.7 Å². The lowest BCUT2D eigenvalue weighted by Crippen LogP contribution is -2.36. The highest BCUT2D eigenvalue weighted by molar-refractivity contribution is 9.10. The number of nitrogens with one attached hydrogen (secondary N) is 1. The first-order valence-electron chi connectivity index (χ1n) is 6.43. The van der Waals surface area contributed by atoms with Gasteiger partial charge >= 0.3 is 5.97 Å². The zero-order valence-electron chi connectivity index (χ0n) is 11.5. The fourth-order valence-corrected chi connectivity index (χ4v) is 1.98. The van der Waals surface area contributed by atoms with Gasteiger partial charge < -0.3 is 15.2 Å². The van der Waals surface area contributed by atoms with Gasteiger partial charge in [-0.25, -0.2) is 4.79 Å². The summed E-state index contributed by atoms with van der Waals surface area (Å²) in [6.45, 7) is 4.33. The van der Waals surface area contributed by atoms with Gasteiger partial charge in [-0.15, -0.1) is 0 Å². The van der Waals surface area contributed by atoms with E-state index in [0.29, 0.717) is 16.8 Å². The standard InChI is InChI=1S/C14H18BrNO4/c1-3-4-7-16-13(17)9(2)20-12-6-5-10(14(18)19)8-11(12)15/h5-6,8-9H,3-4,7H2,1-2H3,(H,16,17)(H,18,19). The van der Waals surface area contributed by atoms with Crippen molar-refractivity contribution in [3.63, 3.8) is 0 Å².